The third kappa shape index (κ3) is 2.28. The van der Waals surface area contributed by atoms with Crippen LogP contribution in [0.25, 0.3) is 0 Å². The summed E-state index contributed by atoms with van der Waals surface area (Å²) < 4.78 is 0. The maximum atomic E-state index is 12.7. The molecule has 2 saturated carbocycles. The zero-order valence-corrected chi connectivity index (χ0v) is 18.7. The van der Waals surface area contributed by atoms with Gasteiger partial charge in [-0.25, -0.2) is 0 Å². The third-order valence-electron chi connectivity index (χ3n) is 10.6. The largest absolute Gasteiger partial charge is 0.481 e. The van der Waals surface area contributed by atoms with Crippen LogP contribution in [0.5, 0.6) is 0 Å². The molecule has 1 N–H and O–H groups in total. The second-order valence-corrected chi connectivity index (χ2v) is 11.6. The van der Waals surface area contributed by atoms with Crippen LogP contribution in [0.1, 0.15) is 92.9 Å². The van der Waals surface area contributed by atoms with E-state index in [1.54, 1.807) is 11.1 Å². The van der Waals surface area contributed by atoms with Gasteiger partial charge in [0.05, 0.1) is 5.92 Å². The van der Waals surface area contributed by atoms with Crippen molar-refractivity contribution in [2.45, 2.75) is 92.9 Å². The molecule has 4 rings (SSSR count). The normalized spacial score (nSPS) is 45.9. The summed E-state index contributed by atoms with van der Waals surface area (Å²) >= 11 is 0. The lowest BCUT2D eigenvalue weighted by Crippen LogP contribution is -2.54. The number of carbonyl (C=O) groups is 2. The summed E-state index contributed by atoms with van der Waals surface area (Å²) in [5.74, 6) is 0.245. The van der Waals surface area contributed by atoms with E-state index in [0.29, 0.717) is 18.1 Å². The summed E-state index contributed by atoms with van der Waals surface area (Å²) in [5, 5.41) is 9.70. The summed E-state index contributed by atoms with van der Waals surface area (Å²) in [4.78, 5) is 24.5. The molecule has 0 radical (unpaired) electrons. The van der Waals surface area contributed by atoms with Crippen molar-refractivity contribution in [2.24, 2.45) is 39.4 Å². The topological polar surface area (TPSA) is 54.4 Å². The Morgan fingerprint density at radius 2 is 1.64 bits per heavy atom. The summed E-state index contributed by atoms with van der Waals surface area (Å²) in [6, 6.07) is 0. The molecule has 156 valence electrons. The number of carboxylic acid groups (broad SMARTS) is 1. The lowest BCUT2D eigenvalue weighted by atomic mass is 9.43. The Morgan fingerprint density at radius 3 is 2.29 bits per heavy atom. The molecule has 6 atom stereocenters. The van der Waals surface area contributed by atoms with Crippen molar-refractivity contribution in [3.8, 4) is 0 Å². The highest BCUT2D eigenvalue weighted by Gasteiger charge is 2.63. The Hall–Kier alpha value is -1.12. The number of rotatable bonds is 2. The predicted octanol–water partition coefficient (Wildman–Crippen LogP) is 6.03. The number of allylic oxidation sites excluding steroid dienone is 2. The van der Waals surface area contributed by atoms with Gasteiger partial charge in [0.1, 0.15) is 5.78 Å². The average Bonchev–Trinajstić information content (AvgIpc) is 2.90. The quantitative estimate of drug-likeness (QED) is 0.590. The minimum Gasteiger partial charge on any atom is -0.481 e. The van der Waals surface area contributed by atoms with Gasteiger partial charge < -0.3 is 5.11 Å². The maximum absolute atomic E-state index is 12.7. The molecule has 0 aliphatic heterocycles. The second kappa shape index (κ2) is 5.95. The van der Waals surface area contributed by atoms with E-state index in [4.69, 9.17) is 0 Å². The van der Waals surface area contributed by atoms with E-state index < -0.39 is 5.97 Å². The molecule has 4 aliphatic rings. The minimum absolute atomic E-state index is 0.0762. The second-order valence-electron chi connectivity index (χ2n) is 11.6. The summed E-state index contributed by atoms with van der Waals surface area (Å²) in [6.07, 6.45) is 8.27. The monoisotopic (exact) mass is 386 g/mol. The fourth-order valence-corrected chi connectivity index (χ4v) is 8.50. The number of carbonyl (C=O) groups excluding carboxylic acids is 1. The number of carboxylic acids is 1. The predicted molar refractivity (Wildman–Crippen MR) is 111 cm³/mol. The zero-order chi connectivity index (χ0) is 20.7. The van der Waals surface area contributed by atoms with Gasteiger partial charge in [0, 0.05) is 11.8 Å². The fourth-order valence-electron chi connectivity index (χ4n) is 8.50. The van der Waals surface area contributed by atoms with E-state index in [1.807, 2.05) is 6.92 Å². The van der Waals surface area contributed by atoms with Crippen LogP contribution in [0, 0.1) is 39.4 Å². The first-order valence-electron chi connectivity index (χ1n) is 11.4. The van der Waals surface area contributed by atoms with Crippen LogP contribution >= 0.6 is 0 Å². The molecule has 0 heterocycles. The average molecular weight is 387 g/mol. The molecule has 3 heteroatoms. The van der Waals surface area contributed by atoms with Crippen molar-refractivity contribution in [2.75, 3.05) is 0 Å². The summed E-state index contributed by atoms with van der Waals surface area (Å²) in [5.41, 5.74) is 3.44. The summed E-state index contributed by atoms with van der Waals surface area (Å²) in [6.45, 7) is 13.5. The lowest BCUT2D eigenvalue weighted by Gasteiger charge is -2.60. The maximum Gasteiger partial charge on any atom is 0.306 e. The Balaban J connectivity index is 1.78. The van der Waals surface area contributed by atoms with Crippen LogP contribution in [0.4, 0.5) is 0 Å². The van der Waals surface area contributed by atoms with Crippen LogP contribution in [0.15, 0.2) is 11.1 Å². The smallest absolute Gasteiger partial charge is 0.306 e. The third-order valence-corrected chi connectivity index (χ3v) is 10.6. The molecule has 0 aromatic carbocycles. The SMILES string of the molecule is CC(C(=O)O)C1CCC2(C)C3=C(CCC12C)C1(C)CCC(=O)C(C)(C)C1CC3. The van der Waals surface area contributed by atoms with E-state index >= 15 is 0 Å². The Bertz CT molecular complexity index is 762. The van der Waals surface area contributed by atoms with Crippen molar-refractivity contribution >= 4 is 11.8 Å². The first-order valence-corrected chi connectivity index (χ1v) is 11.4. The molecular weight excluding hydrogens is 348 g/mol. The zero-order valence-electron chi connectivity index (χ0n) is 18.7. The molecule has 28 heavy (non-hydrogen) atoms. The van der Waals surface area contributed by atoms with Gasteiger partial charge >= 0.3 is 5.97 Å². The minimum atomic E-state index is -0.640. The standard InChI is InChI=1S/C25H38O3/c1-15(21(27)28)16-9-13-25(6)18-7-8-19-22(2,3)20(26)11-12-23(19,4)17(18)10-14-24(16,25)5/h15-16,19H,7-14H2,1-6H3,(H,27,28). The van der Waals surface area contributed by atoms with Gasteiger partial charge in [0.25, 0.3) is 0 Å². The lowest BCUT2D eigenvalue weighted by molar-refractivity contribution is -0.145. The molecule has 0 saturated heterocycles. The van der Waals surface area contributed by atoms with Crippen molar-refractivity contribution in [3.63, 3.8) is 0 Å². The number of fused-ring (bicyclic) bond motifs is 4. The van der Waals surface area contributed by atoms with E-state index in [-0.39, 0.29) is 33.5 Å². The highest BCUT2D eigenvalue weighted by Crippen LogP contribution is 2.72. The van der Waals surface area contributed by atoms with E-state index in [9.17, 15) is 14.7 Å². The van der Waals surface area contributed by atoms with E-state index in [2.05, 4.69) is 34.6 Å². The van der Waals surface area contributed by atoms with Crippen LogP contribution in [-0.2, 0) is 9.59 Å². The first-order chi connectivity index (χ1) is 12.9. The first kappa shape index (κ1) is 20.2. The van der Waals surface area contributed by atoms with E-state index in [1.165, 1.54) is 0 Å². The number of aliphatic carboxylic acids is 1. The van der Waals surface area contributed by atoms with Crippen LogP contribution in [-0.4, -0.2) is 16.9 Å². The van der Waals surface area contributed by atoms with Crippen molar-refractivity contribution < 1.29 is 14.7 Å². The van der Waals surface area contributed by atoms with Crippen molar-refractivity contribution in [1.29, 1.82) is 0 Å². The van der Waals surface area contributed by atoms with Gasteiger partial charge in [-0.05, 0) is 73.0 Å². The van der Waals surface area contributed by atoms with Gasteiger partial charge in [-0.2, -0.15) is 0 Å². The molecule has 4 aliphatic carbocycles. The van der Waals surface area contributed by atoms with E-state index in [0.717, 1.165) is 44.9 Å². The number of Topliss-reactive ketones (excluding diaryl/α,β-unsaturated/α-hetero) is 1. The molecule has 0 bridgehead atoms. The molecule has 0 aromatic heterocycles. The van der Waals surface area contributed by atoms with Gasteiger partial charge in [-0.3, -0.25) is 9.59 Å². The van der Waals surface area contributed by atoms with Crippen molar-refractivity contribution in [3.05, 3.63) is 11.1 Å². The molecule has 6 unspecified atom stereocenters. The van der Waals surface area contributed by atoms with Gasteiger partial charge in [-0.1, -0.05) is 52.7 Å². The molecule has 0 amide bonds. The number of hydrogen-bond donors (Lipinski definition) is 1. The molecule has 2 fully saturated rings. The number of hydrogen-bond acceptors (Lipinski definition) is 2. The molecule has 3 nitrogen and oxygen atoms in total. The van der Waals surface area contributed by atoms with Crippen molar-refractivity contribution in [1.82, 2.24) is 0 Å². The molecule has 0 spiro atoms. The Morgan fingerprint density at radius 1 is 0.964 bits per heavy atom. The summed E-state index contributed by atoms with van der Waals surface area (Å²) in [7, 11) is 0. The molecular formula is C25H38O3. The van der Waals surface area contributed by atoms with Crippen LogP contribution in [0.3, 0.4) is 0 Å². The molecule has 0 aromatic rings. The fraction of sp³-hybridized carbons (Fsp3) is 0.840. The number of ketones is 1. The van der Waals surface area contributed by atoms with Gasteiger partial charge in [0.15, 0.2) is 0 Å². The Labute approximate surface area is 170 Å². The highest BCUT2D eigenvalue weighted by atomic mass is 16.4. The van der Waals surface area contributed by atoms with Gasteiger partial charge in [-0.15, -0.1) is 0 Å². The Kier molecular flexibility index (Phi) is 4.29. The van der Waals surface area contributed by atoms with Gasteiger partial charge in [0.2, 0.25) is 0 Å². The van der Waals surface area contributed by atoms with Crippen LogP contribution in [0.2, 0.25) is 0 Å². The van der Waals surface area contributed by atoms with Crippen LogP contribution < -0.4 is 0 Å². The highest BCUT2D eigenvalue weighted by molar-refractivity contribution is 5.85.